The first-order chi connectivity index (χ1) is 10.1. The Bertz CT molecular complexity index is 629. The van der Waals surface area contributed by atoms with Crippen LogP contribution in [0.5, 0.6) is 0 Å². The Labute approximate surface area is 121 Å². The van der Waals surface area contributed by atoms with Crippen LogP contribution in [0.25, 0.3) is 0 Å². The first-order valence-corrected chi connectivity index (χ1v) is 6.31. The van der Waals surface area contributed by atoms with Crippen LogP contribution in [0.2, 0.25) is 0 Å². The molecular formula is C15H16FN3O2. The fourth-order valence-corrected chi connectivity index (χ4v) is 1.75. The van der Waals surface area contributed by atoms with Crippen LogP contribution < -0.4 is 16.4 Å². The molecule has 5 nitrogen and oxygen atoms in total. The molecule has 2 rings (SSSR count). The Morgan fingerprint density at radius 2 is 1.95 bits per heavy atom. The first kappa shape index (κ1) is 14.6. The van der Waals surface area contributed by atoms with Crippen molar-refractivity contribution in [3.63, 3.8) is 0 Å². The van der Waals surface area contributed by atoms with Gasteiger partial charge in [0.1, 0.15) is 5.82 Å². The van der Waals surface area contributed by atoms with Crippen LogP contribution in [0.1, 0.15) is 5.56 Å². The molecule has 21 heavy (non-hydrogen) atoms. The highest BCUT2D eigenvalue weighted by molar-refractivity contribution is 5.89. The lowest BCUT2D eigenvalue weighted by atomic mass is 10.2. The van der Waals surface area contributed by atoms with Crippen LogP contribution in [0.3, 0.4) is 0 Å². The van der Waals surface area contributed by atoms with Crippen molar-refractivity contribution in [1.29, 1.82) is 0 Å². The molecule has 0 aromatic heterocycles. The fraction of sp³-hybridized carbons (Fsp3) is 0.133. The second kappa shape index (κ2) is 6.60. The minimum absolute atomic E-state index is 0.263. The number of nitrogens with two attached hydrogens (primary N) is 1. The smallest absolute Gasteiger partial charge is 0.411 e. The predicted octanol–water partition coefficient (Wildman–Crippen LogP) is 3.20. The zero-order valence-electron chi connectivity index (χ0n) is 11.5. The van der Waals surface area contributed by atoms with Crippen LogP contribution in [0.4, 0.5) is 26.2 Å². The minimum Gasteiger partial charge on any atom is -0.453 e. The van der Waals surface area contributed by atoms with Crippen LogP contribution >= 0.6 is 0 Å². The predicted molar refractivity (Wildman–Crippen MR) is 80.6 cm³/mol. The van der Waals surface area contributed by atoms with Crippen LogP contribution in [-0.4, -0.2) is 13.2 Å². The molecule has 1 amide bonds. The maximum atomic E-state index is 12.8. The molecule has 0 aliphatic carbocycles. The van der Waals surface area contributed by atoms with Crippen molar-refractivity contribution in [2.24, 2.45) is 0 Å². The summed E-state index contributed by atoms with van der Waals surface area (Å²) in [5, 5.41) is 5.68. The number of carbonyl (C=O) groups excluding carboxylic acids is 1. The topological polar surface area (TPSA) is 76.4 Å². The normalized spacial score (nSPS) is 10.0. The largest absolute Gasteiger partial charge is 0.453 e. The highest BCUT2D eigenvalue weighted by atomic mass is 19.1. The standard InChI is InChI=1S/C15H16FN3O2/c1-21-15(20)19-14-7-6-12(8-13(14)17)18-9-10-2-4-11(16)5-3-10/h2-8,18H,9,17H2,1H3,(H,19,20). The summed E-state index contributed by atoms with van der Waals surface area (Å²) >= 11 is 0. The number of anilines is 3. The molecule has 0 saturated heterocycles. The van der Waals surface area contributed by atoms with E-state index in [2.05, 4.69) is 15.4 Å². The van der Waals surface area contributed by atoms with E-state index in [1.54, 1.807) is 30.3 Å². The molecule has 0 atom stereocenters. The highest BCUT2D eigenvalue weighted by Crippen LogP contribution is 2.23. The van der Waals surface area contributed by atoms with E-state index in [0.717, 1.165) is 11.3 Å². The zero-order valence-corrected chi connectivity index (χ0v) is 11.5. The Balaban J connectivity index is 1.99. The lowest BCUT2D eigenvalue weighted by molar-refractivity contribution is 0.187. The van der Waals surface area contributed by atoms with Crippen molar-refractivity contribution in [3.8, 4) is 0 Å². The summed E-state index contributed by atoms with van der Waals surface area (Å²) in [6, 6.07) is 11.4. The van der Waals surface area contributed by atoms with Gasteiger partial charge in [-0.05, 0) is 35.9 Å². The molecule has 2 aromatic rings. The van der Waals surface area contributed by atoms with Gasteiger partial charge in [0, 0.05) is 12.2 Å². The SMILES string of the molecule is COC(=O)Nc1ccc(NCc2ccc(F)cc2)cc1N. The number of halogens is 1. The van der Waals surface area contributed by atoms with Crippen molar-refractivity contribution in [3.05, 3.63) is 53.8 Å². The number of ether oxygens (including phenoxy) is 1. The Morgan fingerprint density at radius 3 is 2.57 bits per heavy atom. The molecule has 0 spiro atoms. The second-order valence-electron chi connectivity index (χ2n) is 4.40. The fourth-order valence-electron chi connectivity index (χ4n) is 1.75. The number of hydrogen-bond donors (Lipinski definition) is 3. The van der Waals surface area contributed by atoms with Gasteiger partial charge in [0.2, 0.25) is 0 Å². The molecule has 0 radical (unpaired) electrons. The van der Waals surface area contributed by atoms with E-state index in [1.807, 2.05) is 0 Å². The van der Waals surface area contributed by atoms with Crippen molar-refractivity contribution in [2.45, 2.75) is 6.54 Å². The number of nitrogen functional groups attached to an aromatic ring is 1. The van der Waals surface area contributed by atoms with E-state index in [1.165, 1.54) is 19.2 Å². The molecular weight excluding hydrogens is 273 g/mol. The van der Waals surface area contributed by atoms with Crippen LogP contribution in [-0.2, 0) is 11.3 Å². The number of amides is 1. The van der Waals surface area contributed by atoms with Crippen molar-refractivity contribution in [2.75, 3.05) is 23.5 Å². The summed E-state index contributed by atoms with van der Waals surface area (Å²) in [6.45, 7) is 0.545. The summed E-state index contributed by atoms with van der Waals surface area (Å²) in [5.74, 6) is -0.263. The molecule has 0 aliphatic heterocycles. The van der Waals surface area contributed by atoms with E-state index >= 15 is 0 Å². The minimum atomic E-state index is -0.575. The Morgan fingerprint density at radius 1 is 1.24 bits per heavy atom. The zero-order chi connectivity index (χ0) is 15.2. The van der Waals surface area contributed by atoms with Gasteiger partial charge in [-0.3, -0.25) is 5.32 Å². The summed E-state index contributed by atoms with van der Waals surface area (Å²) in [7, 11) is 1.28. The van der Waals surface area contributed by atoms with E-state index in [4.69, 9.17) is 5.73 Å². The molecule has 110 valence electrons. The maximum Gasteiger partial charge on any atom is 0.411 e. The maximum absolute atomic E-state index is 12.8. The molecule has 0 aliphatic rings. The third-order valence-corrected chi connectivity index (χ3v) is 2.88. The number of methoxy groups -OCH3 is 1. The van der Waals surface area contributed by atoms with Crippen LogP contribution in [0, 0.1) is 5.82 Å². The van der Waals surface area contributed by atoms with Gasteiger partial charge >= 0.3 is 6.09 Å². The van der Waals surface area contributed by atoms with Crippen molar-refractivity contribution < 1.29 is 13.9 Å². The van der Waals surface area contributed by atoms with Crippen molar-refractivity contribution >= 4 is 23.2 Å². The third kappa shape index (κ3) is 4.10. The van der Waals surface area contributed by atoms with Gasteiger partial charge in [-0.25, -0.2) is 9.18 Å². The molecule has 0 heterocycles. The Kier molecular flexibility index (Phi) is 4.61. The van der Waals surface area contributed by atoms with Crippen molar-refractivity contribution in [1.82, 2.24) is 0 Å². The van der Waals surface area contributed by atoms with Gasteiger partial charge in [-0.15, -0.1) is 0 Å². The van der Waals surface area contributed by atoms with Gasteiger partial charge in [-0.1, -0.05) is 12.1 Å². The van der Waals surface area contributed by atoms with Crippen LogP contribution in [0.15, 0.2) is 42.5 Å². The molecule has 0 saturated carbocycles. The number of carbonyl (C=O) groups is 1. The van der Waals surface area contributed by atoms with E-state index in [9.17, 15) is 9.18 Å². The molecule has 4 N–H and O–H groups in total. The number of rotatable bonds is 4. The second-order valence-corrected chi connectivity index (χ2v) is 4.40. The summed E-state index contributed by atoms with van der Waals surface area (Å²) in [6.07, 6.45) is -0.575. The molecule has 2 aromatic carbocycles. The van der Waals surface area contributed by atoms with Gasteiger partial charge in [0.25, 0.3) is 0 Å². The number of hydrogen-bond acceptors (Lipinski definition) is 4. The third-order valence-electron chi connectivity index (χ3n) is 2.88. The average molecular weight is 289 g/mol. The van der Waals surface area contributed by atoms with E-state index in [0.29, 0.717) is 17.9 Å². The van der Waals surface area contributed by atoms with Gasteiger partial charge in [-0.2, -0.15) is 0 Å². The summed E-state index contributed by atoms with van der Waals surface area (Å²) < 4.78 is 17.3. The molecule has 6 heteroatoms. The summed E-state index contributed by atoms with van der Waals surface area (Å²) in [4.78, 5) is 11.1. The number of benzene rings is 2. The lowest BCUT2D eigenvalue weighted by Crippen LogP contribution is -2.12. The van der Waals surface area contributed by atoms with E-state index in [-0.39, 0.29) is 5.82 Å². The highest BCUT2D eigenvalue weighted by Gasteiger charge is 2.05. The molecule has 0 bridgehead atoms. The van der Waals surface area contributed by atoms with Gasteiger partial charge < -0.3 is 15.8 Å². The lowest BCUT2D eigenvalue weighted by Gasteiger charge is -2.11. The Hall–Kier alpha value is -2.76. The average Bonchev–Trinajstić information content (AvgIpc) is 2.49. The molecule has 0 unspecified atom stereocenters. The monoisotopic (exact) mass is 289 g/mol. The molecule has 0 fully saturated rings. The quantitative estimate of drug-likeness (QED) is 0.755. The number of nitrogens with one attached hydrogen (secondary N) is 2. The first-order valence-electron chi connectivity index (χ1n) is 6.31. The van der Waals surface area contributed by atoms with E-state index < -0.39 is 6.09 Å². The summed E-state index contributed by atoms with van der Waals surface area (Å²) in [5.41, 5.74) is 8.50. The van der Waals surface area contributed by atoms with Gasteiger partial charge in [0.05, 0.1) is 18.5 Å². The van der Waals surface area contributed by atoms with Gasteiger partial charge in [0.15, 0.2) is 0 Å².